The van der Waals surface area contributed by atoms with Crippen LogP contribution in [0.2, 0.25) is 5.02 Å². The van der Waals surface area contributed by atoms with Crippen LogP contribution in [0.25, 0.3) is 0 Å². The highest BCUT2D eigenvalue weighted by Gasteiger charge is 2.25. The Balaban J connectivity index is 1.70. The van der Waals surface area contributed by atoms with Crippen LogP contribution in [0.1, 0.15) is 44.0 Å². The molecular formula is C26H40ClN5O4. The van der Waals surface area contributed by atoms with Crippen molar-refractivity contribution in [2.75, 3.05) is 65.5 Å². The van der Waals surface area contributed by atoms with Crippen molar-refractivity contribution in [3.8, 4) is 5.75 Å². The largest absolute Gasteiger partial charge is 0.491 e. The highest BCUT2D eigenvalue weighted by molar-refractivity contribution is 6.31. The molecule has 1 aromatic rings. The molecule has 3 rings (SSSR count). The number of benzene rings is 1. The molecular weight excluding hydrogens is 482 g/mol. The molecule has 0 saturated carbocycles. The van der Waals surface area contributed by atoms with E-state index in [9.17, 15) is 14.4 Å². The van der Waals surface area contributed by atoms with Gasteiger partial charge >= 0.3 is 0 Å². The summed E-state index contributed by atoms with van der Waals surface area (Å²) in [4.78, 5) is 45.2. The van der Waals surface area contributed by atoms with Crippen LogP contribution in [0.15, 0.2) is 18.2 Å². The molecule has 2 heterocycles. The second-order valence-electron chi connectivity index (χ2n) is 9.86. The van der Waals surface area contributed by atoms with Gasteiger partial charge in [0.1, 0.15) is 12.4 Å². The van der Waals surface area contributed by atoms with E-state index in [1.165, 1.54) is 0 Å². The smallest absolute Gasteiger partial charge is 0.255 e. The molecule has 200 valence electrons. The van der Waals surface area contributed by atoms with Gasteiger partial charge in [-0.1, -0.05) is 32.4 Å². The number of rotatable bonds is 4. The molecule has 0 aromatic heterocycles. The third-order valence-corrected chi connectivity index (χ3v) is 7.09. The maximum Gasteiger partial charge on any atom is 0.255 e. The zero-order valence-electron chi connectivity index (χ0n) is 21.7. The number of nitrogens with zero attached hydrogens (tertiary/aromatic N) is 3. The van der Waals surface area contributed by atoms with Gasteiger partial charge in [-0.2, -0.15) is 0 Å². The number of fused-ring (bicyclic) bond motifs is 1. The Morgan fingerprint density at radius 2 is 1.83 bits per heavy atom. The molecule has 2 N–H and O–H groups in total. The summed E-state index contributed by atoms with van der Waals surface area (Å²) in [6.45, 7) is 12.2. The van der Waals surface area contributed by atoms with Crippen LogP contribution in [0.4, 0.5) is 0 Å². The van der Waals surface area contributed by atoms with Crippen molar-refractivity contribution in [1.82, 2.24) is 25.3 Å². The number of likely N-dealkylation sites (N-methyl/N-ethyl adjacent to an activating group) is 1. The van der Waals surface area contributed by atoms with Crippen LogP contribution >= 0.6 is 11.6 Å². The molecule has 1 saturated heterocycles. The first-order valence-electron chi connectivity index (χ1n) is 13.0. The topological polar surface area (TPSA) is 94.2 Å². The van der Waals surface area contributed by atoms with Crippen molar-refractivity contribution in [3.05, 3.63) is 28.8 Å². The maximum absolute atomic E-state index is 13.2. The minimum Gasteiger partial charge on any atom is -0.491 e. The number of hydrogen-bond donors (Lipinski definition) is 2. The predicted molar refractivity (Wildman–Crippen MR) is 140 cm³/mol. The third-order valence-electron chi connectivity index (χ3n) is 6.85. The van der Waals surface area contributed by atoms with E-state index in [4.69, 9.17) is 16.3 Å². The van der Waals surface area contributed by atoms with E-state index >= 15 is 0 Å². The molecule has 2 aliphatic heterocycles. The predicted octanol–water partition coefficient (Wildman–Crippen LogP) is 1.85. The van der Waals surface area contributed by atoms with Crippen LogP contribution < -0.4 is 15.4 Å². The van der Waals surface area contributed by atoms with Gasteiger partial charge in [0.2, 0.25) is 11.8 Å². The van der Waals surface area contributed by atoms with Gasteiger partial charge in [0.15, 0.2) is 0 Å². The second kappa shape index (κ2) is 13.8. The van der Waals surface area contributed by atoms with Gasteiger partial charge in [-0.05, 0) is 43.5 Å². The van der Waals surface area contributed by atoms with Crippen LogP contribution in [0.5, 0.6) is 5.75 Å². The van der Waals surface area contributed by atoms with Crippen molar-refractivity contribution in [3.63, 3.8) is 0 Å². The van der Waals surface area contributed by atoms with Gasteiger partial charge in [-0.3, -0.25) is 19.3 Å². The second-order valence-corrected chi connectivity index (χ2v) is 10.3. The summed E-state index contributed by atoms with van der Waals surface area (Å²) in [6.07, 6.45) is 1.35. The number of amides is 3. The fraction of sp³-hybridized carbons (Fsp3) is 0.654. The number of carbonyl (C=O) groups is 3. The Labute approximate surface area is 219 Å². The summed E-state index contributed by atoms with van der Waals surface area (Å²) in [6, 6.07) is 4.66. The summed E-state index contributed by atoms with van der Waals surface area (Å²) in [7, 11) is 0. The van der Waals surface area contributed by atoms with Crippen molar-refractivity contribution >= 4 is 29.3 Å². The van der Waals surface area contributed by atoms with Gasteiger partial charge in [0, 0.05) is 44.3 Å². The first kappa shape index (κ1) is 28.2. The highest BCUT2D eigenvalue weighted by atomic mass is 35.5. The Morgan fingerprint density at radius 1 is 1.11 bits per heavy atom. The molecule has 1 aromatic carbocycles. The summed E-state index contributed by atoms with van der Waals surface area (Å²) < 4.78 is 5.98. The fourth-order valence-electron chi connectivity index (χ4n) is 4.38. The average molecular weight is 522 g/mol. The third kappa shape index (κ3) is 8.35. The molecule has 10 heteroatoms. The van der Waals surface area contributed by atoms with Gasteiger partial charge < -0.3 is 25.2 Å². The zero-order chi connectivity index (χ0) is 26.1. The molecule has 0 unspecified atom stereocenters. The Hall–Kier alpha value is -2.36. The quantitative estimate of drug-likeness (QED) is 0.628. The Morgan fingerprint density at radius 3 is 2.53 bits per heavy atom. The zero-order valence-corrected chi connectivity index (χ0v) is 22.5. The van der Waals surface area contributed by atoms with Crippen LogP contribution in [0.3, 0.4) is 0 Å². The van der Waals surface area contributed by atoms with Crippen molar-refractivity contribution < 1.29 is 19.1 Å². The first-order valence-corrected chi connectivity index (χ1v) is 13.4. The molecule has 3 amide bonds. The van der Waals surface area contributed by atoms with Crippen molar-refractivity contribution in [1.29, 1.82) is 0 Å². The summed E-state index contributed by atoms with van der Waals surface area (Å²) in [5.74, 6) is 0.0104. The number of halogens is 1. The van der Waals surface area contributed by atoms with Crippen molar-refractivity contribution in [2.45, 2.75) is 39.7 Å². The standard InChI is InChI=1S/C26H40ClN5O4/c1-4-30-11-13-31(14-12-30)17-25(34)32-10-6-5-9-28-26(35)21-15-20(27)7-8-23(21)36-18-22(19(2)3)29-24(33)16-32/h7-8,15,19,22H,4-6,9-14,16-18H2,1-3H3,(H,28,35)(H,29,33)/t22-/m1/s1. The first-order chi connectivity index (χ1) is 17.3. The lowest BCUT2D eigenvalue weighted by Crippen LogP contribution is -2.52. The molecule has 9 nitrogen and oxygen atoms in total. The maximum atomic E-state index is 13.2. The lowest BCUT2D eigenvalue weighted by atomic mass is 10.1. The van der Waals surface area contributed by atoms with E-state index in [2.05, 4.69) is 27.4 Å². The van der Waals surface area contributed by atoms with Crippen LogP contribution in [-0.2, 0) is 9.59 Å². The normalized spacial score (nSPS) is 21.6. The lowest BCUT2D eigenvalue weighted by molar-refractivity contribution is -0.137. The molecule has 36 heavy (non-hydrogen) atoms. The number of hydrogen-bond acceptors (Lipinski definition) is 6. The number of piperazine rings is 1. The van der Waals surface area contributed by atoms with Gasteiger partial charge in [0.05, 0.1) is 24.7 Å². The SMILES string of the molecule is CCN1CCN(CC(=O)N2CCCCNC(=O)c3cc(Cl)ccc3OC[C@H](C(C)C)NC(=O)C2)CC1. The van der Waals surface area contributed by atoms with Gasteiger partial charge in [-0.25, -0.2) is 0 Å². The number of carbonyl (C=O) groups excluding carboxylic acids is 3. The highest BCUT2D eigenvalue weighted by Crippen LogP contribution is 2.23. The lowest BCUT2D eigenvalue weighted by Gasteiger charge is -2.35. The summed E-state index contributed by atoms with van der Waals surface area (Å²) in [5, 5.41) is 6.41. The van der Waals surface area contributed by atoms with Gasteiger partial charge in [0.25, 0.3) is 5.91 Å². The minimum absolute atomic E-state index is 0.00946. The molecule has 2 aliphatic rings. The Bertz CT molecular complexity index is 904. The van der Waals surface area contributed by atoms with Gasteiger partial charge in [-0.15, -0.1) is 0 Å². The van der Waals surface area contributed by atoms with E-state index in [0.717, 1.165) is 32.7 Å². The average Bonchev–Trinajstić information content (AvgIpc) is 2.86. The van der Waals surface area contributed by atoms with Crippen LogP contribution in [-0.4, -0.2) is 104 Å². The monoisotopic (exact) mass is 521 g/mol. The molecule has 0 aliphatic carbocycles. The Kier molecular flexibility index (Phi) is 10.8. The van der Waals surface area contributed by atoms with E-state index in [1.54, 1.807) is 23.1 Å². The fourth-order valence-corrected chi connectivity index (χ4v) is 4.56. The van der Waals surface area contributed by atoms with E-state index in [1.807, 2.05) is 13.8 Å². The number of ether oxygens (including phenoxy) is 1. The minimum atomic E-state index is -0.284. The summed E-state index contributed by atoms with van der Waals surface area (Å²) >= 11 is 6.13. The molecule has 1 atom stereocenters. The van der Waals surface area contributed by atoms with Crippen molar-refractivity contribution in [2.24, 2.45) is 5.92 Å². The molecule has 0 radical (unpaired) electrons. The molecule has 0 spiro atoms. The molecule has 0 bridgehead atoms. The number of nitrogens with one attached hydrogen (secondary N) is 2. The molecule has 1 fully saturated rings. The van der Waals surface area contributed by atoms with E-state index < -0.39 is 0 Å². The van der Waals surface area contributed by atoms with E-state index in [0.29, 0.717) is 48.8 Å². The summed E-state index contributed by atoms with van der Waals surface area (Å²) in [5.41, 5.74) is 0.367. The van der Waals surface area contributed by atoms with Crippen LogP contribution in [0, 0.1) is 5.92 Å². The van der Waals surface area contributed by atoms with E-state index in [-0.39, 0.29) is 42.8 Å².